The Hall–Kier alpha value is -3.68. The molecule has 0 spiro atoms. The molecule has 2 aliphatic rings. The predicted molar refractivity (Wildman–Crippen MR) is 122 cm³/mol. The number of hydrogen-bond acceptors (Lipinski definition) is 6. The second kappa shape index (κ2) is 9.44. The van der Waals surface area contributed by atoms with Crippen LogP contribution in [0.5, 0.6) is 5.75 Å². The third kappa shape index (κ3) is 4.33. The highest BCUT2D eigenvalue weighted by Crippen LogP contribution is 2.43. The zero-order valence-corrected chi connectivity index (χ0v) is 18.4. The largest absolute Gasteiger partial charge is 0.507 e. The van der Waals surface area contributed by atoms with Crippen molar-refractivity contribution >= 4 is 23.1 Å². The van der Waals surface area contributed by atoms with Gasteiger partial charge in [-0.3, -0.25) is 19.7 Å². The monoisotopic (exact) mass is 450 g/mol. The summed E-state index contributed by atoms with van der Waals surface area (Å²) in [6.45, 7) is 2.59. The van der Waals surface area contributed by atoms with Crippen LogP contribution in [-0.2, 0) is 9.59 Å². The van der Waals surface area contributed by atoms with Gasteiger partial charge in [0.2, 0.25) is 0 Å². The smallest absolute Gasteiger partial charge is 0.295 e. The van der Waals surface area contributed by atoms with Crippen LogP contribution >= 0.6 is 0 Å². The van der Waals surface area contributed by atoms with Crippen molar-refractivity contribution in [1.29, 1.82) is 0 Å². The van der Waals surface area contributed by atoms with Crippen molar-refractivity contribution in [2.45, 2.75) is 51.1 Å². The van der Waals surface area contributed by atoms with Gasteiger partial charge in [-0.2, -0.15) is 0 Å². The van der Waals surface area contributed by atoms with Crippen LogP contribution in [0.2, 0.25) is 0 Å². The Labute approximate surface area is 191 Å². The topological polar surface area (TPSA) is 110 Å². The van der Waals surface area contributed by atoms with E-state index in [1.165, 1.54) is 24.3 Å². The highest BCUT2D eigenvalue weighted by molar-refractivity contribution is 6.46. The third-order valence-electron chi connectivity index (χ3n) is 6.20. The summed E-state index contributed by atoms with van der Waals surface area (Å²) in [6, 6.07) is 11.7. The van der Waals surface area contributed by atoms with Gasteiger partial charge in [-0.25, -0.2) is 0 Å². The van der Waals surface area contributed by atoms with Gasteiger partial charge in [0.1, 0.15) is 11.5 Å². The van der Waals surface area contributed by atoms with Crippen molar-refractivity contribution in [2.75, 3.05) is 6.61 Å². The summed E-state index contributed by atoms with van der Waals surface area (Å²) in [7, 11) is 0. The first-order valence-electron chi connectivity index (χ1n) is 11.2. The molecule has 8 heteroatoms. The van der Waals surface area contributed by atoms with E-state index in [4.69, 9.17) is 4.74 Å². The minimum atomic E-state index is -0.776. The Morgan fingerprint density at radius 2 is 1.85 bits per heavy atom. The number of benzene rings is 2. The lowest BCUT2D eigenvalue weighted by atomic mass is 9.94. The number of rotatable bonds is 7. The number of aliphatic hydroxyl groups is 1. The summed E-state index contributed by atoms with van der Waals surface area (Å²) in [5, 5.41) is 22.3. The molecule has 0 bridgehead atoms. The van der Waals surface area contributed by atoms with E-state index in [-0.39, 0.29) is 22.9 Å². The van der Waals surface area contributed by atoms with Gasteiger partial charge in [0.15, 0.2) is 0 Å². The van der Waals surface area contributed by atoms with Crippen LogP contribution in [0, 0.1) is 10.1 Å². The zero-order valence-electron chi connectivity index (χ0n) is 18.4. The zero-order chi connectivity index (χ0) is 23.5. The number of ketones is 1. The molecule has 1 atom stereocenters. The number of nitro benzene ring substituents is 1. The highest BCUT2D eigenvalue weighted by Gasteiger charge is 2.49. The summed E-state index contributed by atoms with van der Waals surface area (Å²) in [5.41, 5.74) is 0.547. The number of likely N-dealkylation sites (tertiary alicyclic amines) is 1. The molecule has 0 aromatic heterocycles. The van der Waals surface area contributed by atoms with E-state index in [1.807, 2.05) is 6.92 Å². The number of aliphatic hydroxyl groups excluding tert-OH is 1. The molecule has 4 rings (SSSR count). The second-order valence-corrected chi connectivity index (χ2v) is 8.37. The molecule has 33 heavy (non-hydrogen) atoms. The number of non-ortho nitro benzene ring substituents is 1. The number of nitro groups is 1. The fraction of sp³-hybridized carbons (Fsp3) is 0.360. The van der Waals surface area contributed by atoms with Crippen molar-refractivity contribution in [2.24, 2.45) is 0 Å². The summed E-state index contributed by atoms with van der Waals surface area (Å²) >= 11 is 0. The van der Waals surface area contributed by atoms with Crippen LogP contribution < -0.4 is 4.74 Å². The number of Topliss-reactive ketones (excluding diaryl/α,β-unsaturated/α-hetero) is 1. The Balaban J connectivity index is 1.82. The highest BCUT2D eigenvalue weighted by atomic mass is 16.6. The molecular formula is C25H26N2O6. The Morgan fingerprint density at radius 1 is 1.15 bits per heavy atom. The third-order valence-corrected chi connectivity index (χ3v) is 6.20. The van der Waals surface area contributed by atoms with Crippen LogP contribution in [-0.4, -0.2) is 39.3 Å². The number of nitrogens with zero attached hydrogens (tertiary/aromatic N) is 2. The molecule has 1 aliphatic carbocycles. The molecule has 1 heterocycles. The van der Waals surface area contributed by atoms with E-state index in [1.54, 1.807) is 29.2 Å². The maximum Gasteiger partial charge on any atom is 0.295 e. The molecule has 8 nitrogen and oxygen atoms in total. The molecule has 0 radical (unpaired) electrons. The van der Waals surface area contributed by atoms with Crippen molar-refractivity contribution < 1.29 is 24.4 Å². The first kappa shape index (κ1) is 22.5. The first-order chi connectivity index (χ1) is 15.9. The van der Waals surface area contributed by atoms with E-state index >= 15 is 0 Å². The van der Waals surface area contributed by atoms with Gasteiger partial charge >= 0.3 is 0 Å². The Morgan fingerprint density at radius 3 is 2.48 bits per heavy atom. The summed E-state index contributed by atoms with van der Waals surface area (Å²) in [4.78, 5) is 38.4. The molecule has 2 aromatic carbocycles. The van der Waals surface area contributed by atoms with E-state index < -0.39 is 28.4 Å². The SMILES string of the molecule is CCCOc1ccc(C2/C(=C(/O)c3cccc([N+](=O)[O-])c3)C(=O)C(=O)N2C2CCCC2)cc1. The lowest BCUT2D eigenvalue weighted by molar-refractivity contribution is -0.384. The fourth-order valence-electron chi connectivity index (χ4n) is 4.62. The maximum absolute atomic E-state index is 13.1. The lowest BCUT2D eigenvalue weighted by Gasteiger charge is -2.30. The van der Waals surface area contributed by atoms with Crippen LogP contribution in [0.15, 0.2) is 54.1 Å². The summed E-state index contributed by atoms with van der Waals surface area (Å²) < 4.78 is 5.65. The summed E-state index contributed by atoms with van der Waals surface area (Å²) in [5.74, 6) is -1.15. The van der Waals surface area contributed by atoms with Gasteiger partial charge in [0.25, 0.3) is 17.4 Å². The predicted octanol–water partition coefficient (Wildman–Crippen LogP) is 4.75. The number of carbonyl (C=O) groups excluding carboxylic acids is 2. The number of hydrogen-bond donors (Lipinski definition) is 1. The fourth-order valence-corrected chi connectivity index (χ4v) is 4.62. The van der Waals surface area contributed by atoms with Gasteiger partial charge in [0, 0.05) is 23.7 Å². The van der Waals surface area contributed by atoms with Gasteiger partial charge in [-0.05, 0) is 37.0 Å². The molecule has 2 fully saturated rings. The number of amides is 1. The Bertz CT molecular complexity index is 1100. The second-order valence-electron chi connectivity index (χ2n) is 8.37. The molecule has 2 aromatic rings. The van der Waals surface area contributed by atoms with Crippen molar-refractivity contribution in [3.05, 3.63) is 75.3 Å². The maximum atomic E-state index is 13.1. The van der Waals surface area contributed by atoms with Crippen LogP contribution in [0.1, 0.15) is 56.2 Å². The normalized spacial score (nSPS) is 20.4. The van der Waals surface area contributed by atoms with Gasteiger partial charge < -0.3 is 14.7 Å². The van der Waals surface area contributed by atoms with Crippen molar-refractivity contribution in [3.8, 4) is 5.75 Å². The van der Waals surface area contributed by atoms with Crippen LogP contribution in [0.4, 0.5) is 5.69 Å². The van der Waals surface area contributed by atoms with Crippen LogP contribution in [0.3, 0.4) is 0 Å². The molecule has 1 saturated heterocycles. The first-order valence-corrected chi connectivity index (χ1v) is 11.2. The van der Waals surface area contributed by atoms with Crippen molar-refractivity contribution in [1.82, 2.24) is 4.90 Å². The lowest BCUT2D eigenvalue weighted by Crippen LogP contribution is -2.37. The minimum absolute atomic E-state index is 0.0466. The van der Waals surface area contributed by atoms with E-state index in [0.717, 1.165) is 32.1 Å². The molecule has 1 aliphatic heterocycles. The summed E-state index contributed by atoms with van der Waals surface area (Å²) in [6.07, 6.45) is 4.38. The Kier molecular flexibility index (Phi) is 6.44. The van der Waals surface area contributed by atoms with E-state index in [9.17, 15) is 24.8 Å². The molecule has 1 N–H and O–H groups in total. The van der Waals surface area contributed by atoms with Crippen LogP contribution in [0.25, 0.3) is 5.76 Å². The molecular weight excluding hydrogens is 424 g/mol. The molecule has 1 amide bonds. The standard InChI is InChI=1S/C25H26N2O6/c1-2-14-33-20-12-10-16(11-13-20)22-21(23(28)17-6-5-9-19(15-17)27(31)32)24(29)25(30)26(22)18-7-3-4-8-18/h5-6,9-13,15,18,22,28H,2-4,7-8,14H2,1H3/b23-21-. The average molecular weight is 450 g/mol. The van der Waals surface area contributed by atoms with E-state index in [2.05, 4.69) is 0 Å². The molecule has 1 saturated carbocycles. The molecule has 1 unspecified atom stereocenters. The number of carbonyl (C=O) groups is 2. The quantitative estimate of drug-likeness (QED) is 0.214. The molecule has 172 valence electrons. The van der Waals surface area contributed by atoms with Gasteiger partial charge in [-0.15, -0.1) is 0 Å². The number of ether oxygens (including phenoxy) is 1. The van der Waals surface area contributed by atoms with Crippen molar-refractivity contribution in [3.63, 3.8) is 0 Å². The van der Waals surface area contributed by atoms with Gasteiger partial charge in [0.05, 0.1) is 23.1 Å². The van der Waals surface area contributed by atoms with E-state index in [0.29, 0.717) is 17.9 Å². The average Bonchev–Trinajstić information content (AvgIpc) is 3.44. The minimum Gasteiger partial charge on any atom is -0.507 e. The van der Waals surface area contributed by atoms with Gasteiger partial charge in [-0.1, -0.05) is 44.0 Å².